The van der Waals surface area contributed by atoms with E-state index in [1.54, 1.807) is 6.07 Å². The Morgan fingerprint density at radius 3 is 2.88 bits per heavy atom. The van der Waals surface area contributed by atoms with Gasteiger partial charge in [-0.2, -0.15) is 0 Å². The van der Waals surface area contributed by atoms with Crippen LogP contribution in [-0.2, 0) is 11.2 Å². The van der Waals surface area contributed by atoms with Gasteiger partial charge in [0.25, 0.3) is 0 Å². The van der Waals surface area contributed by atoms with Gasteiger partial charge in [-0.1, -0.05) is 30.0 Å². The number of carbonyl (C=O) groups excluding carboxylic acids is 1. The van der Waals surface area contributed by atoms with Crippen LogP contribution in [-0.4, -0.2) is 27.2 Å². The van der Waals surface area contributed by atoms with Crippen molar-refractivity contribution < 1.29 is 4.79 Å². The second-order valence-corrected chi connectivity index (χ2v) is 7.51. The molecule has 2 heterocycles. The van der Waals surface area contributed by atoms with Crippen molar-refractivity contribution in [2.45, 2.75) is 50.1 Å². The Hall–Kier alpha value is -2.08. The van der Waals surface area contributed by atoms with E-state index in [9.17, 15) is 4.79 Å². The van der Waals surface area contributed by atoms with Gasteiger partial charge in [0, 0.05) is 23.5 Å². The smallest absolute Gasteiger partial charge is 0.240 e. The number of fused-ring (bicyclic) bond motifs is 1. The minimum absolute atomic E-state index is 0.0864. The van der Waals surface area contributed by atoms with Crippen LogP contribution in [0.4, 0.5) is 11.5 Å². The molecule has 0 spiro atoms. The van der Waals surface area contributed by atoms with E-state index in [0.29, 0.717) is 11.0 Å². The number of hydrogen-bond acceptors (Lipinski definition) is 5. The topological polar surface area (TPSA) is 72.1 Å². The first-order valence-corrected chi connectivity index (χ1v) is 9.02. The van der Waals surface area contributed by atoms with Crippen LogP contribution in [0.15, 0.2) is 35.5 Å². The van der Waals surface area contributed by atoms with Crippen molar-refractivity contribution in [1.29, 1.82) is 0 Å². The predicted octanol–water partition coefficient (Wildman–Crippen LogP) is 3.22. The van der Waals surface area contributed by atoms with Gasteiger partial charge in [-0.15, -0.1) is 0 Å². The van der Waals surface area contributed by atoms with Gasteiger partial charge in [0.15, 0.2) is 5.16 Å². The Bertz CT molecular complexity index is 744. The average molecular weight is 342 g/mol. The monoisotopic (exact) mass is 342 g/mol. The van der Waals surface area contributed by atoms with Gasteiger partial charge in [0.05, 0.1) is 5.25 Å². The Labute approximate surface area is 146 Å². The summed E-state index contributed by atoms with van der Waals surface area (Å²) < 4.78 is 0. The molecule has 5 nitrogen and oxygen atoms in total. The lowest BCUT2D eigenvalue weighted by atomic mass is 9.96. The molecule has 0 bridgehead atoms. The Morgan fingerprint density at radius 1 is 1.38 bits per heavy atom. The van der Waals surface area contributed by atoms with Crippen molar-refractivity contribution in [2.24, 2.45) is 0 Å². The molecule has 0 fully saturated rings. The van der Waals surface area contributed by atoms with Crippen molar-refractivity contribution >= 4 is 29.2 Å². The van der Waals surface area contributed by atoms with Crippen molar-refractivity contribution in [2.75, 3.05) is 10.6 Å². The lowest BCUT2D eigenvalue weighted by molar-refractivity contribution is -0.118. The molecule has 126 valence electrons. The van der Waals surface area contributed by atoms with Crippen LogP contribution in [0.3, 0.4) is 0 Å². The van der Waals surface area contributed by atoms with Crippen LogP contribution >= 0.6 is 11.8 Å². The van der Waals surface area contributed by atoms with Crippen LogP contribution in [0, 0.1) is 6.92 Å². The van der Waals surface area contributed by atoms with Crippen LogP contribution in [0.2, 0.25) is 0 Å². The summed E-state index contributed by atoms with van der Waals surface area (Å²) in [6, 6.07) is 10.1. The number of aryl methyl sites for hydroxylation is 2. The summed E-state index contributed by atoms with van der Waals surface area (Å²) in [6.45, 7) is 5.88. The number of rotatable bonds is 3. The summed E-state index contributed by atoms with van der Waals surface area (Å²) in [4.78, 5) is 23.6. The third-order valence-corrected chi connectivity index (χ3v) is 5.19. The first-order chi connectivity index (χ1) is 11.5. The molecule has 0 aliphatic carbocycles. The summed E-state index contributed by atoms with van der Waals surface area (Å²) in [7, 11) is 0. The molecular weight excluding hydrogens is 320 g/mol. The Kier molecular flexibility index (Phi) is 4.76. The zero-order valence-corrected chi connectivity index (χ0v) is 15.0. The van der Waals surface area contributed by atoms with Gasteiger partial charge in [-0.25, -0.2) is 9.97 Å². The number of carbonyl (C=O) groups is 1. The zero-order chi connectivity index (χ0) is 17.3. The molecule has 2 aromatic rings. The van der Waals surface area contributed by atoms with E-state index < -0.39 is 0 Å². The maximum absolute atomic E-state index is 13.1. The first-order valence-electron chi connectivity index (χ1n) is 8.14. The number of anilines is 2. The minimum atomic E-state index is -0.278. The molecular formula is C18H22N4OS. The number of nitrogens with zero attached hydrogens (tertiary/aromatic N) is 3. The van der Waals surface area contributed by atoms with Gasteiger partial charge in [-0.3, -0.25) is 4.79 Å². The largest absolute Gasteiger partial charge is 0.384 e. The lowest BCUT2D eigenvalue weighted by Crippen LogP contribution is -2.45. The highest BCUT2D eigenvalue weighted by Crippen LogP contribution is 2.33. The van der Waals surface area contributed by atoms with Gasteiger partial charge in [-0.05, 0) is 45.2 Å². The highest BCUT2D eigenvalue weighted by atomic mass is 32.2. The molecule has 0 saturated heterocycles. The normalized spacial score (nSPS) is 18.1. The second kappa shape index (κ2) is 6.81. The third-order valence-electron chi connectivity index (χ3n) is 4.24. The van der Waals surface area contributed by atoms with E-state index in [1.165, 1.54) is 17.3 Å². The molecule has 1 aromatic carbocycles. The van der Waals surface area contributed by atoms with E-state index in [-0.39, 0.29) is 17.2 Å². The molecule has 3 rings (SSSR count). The Balaban J connectivity index is 1.83. The summed E-state index contributed by atoms with van der Waals surface area (Å²) in [5.74, 6) is 0.518. The van der Waals surface area contributed by atoms with Crippen LogP contribution in [0.5, 0.6) is 0 Å². The number of nitrogens with two attached hydrogens (primary N) is 1. The Morgan fingerprint density at radius 2 is 2.12 bits per heavy atom. The number of para-hydroxylation sites is 1. The van der Waals surface area contributed by atoms with Crippen LogP contribution in [0.25, 0.3) is 0 Å². The molecule has 2 N–H and O–H groups in total. The van der Waals surface area contributed by atoms with Crippen molar-refractivity contribution in [1.82, 2.24) is 9.97 Å². The molecule has 0 radical (unpaired) electrons. The van der Waals surface area contributed by atoms with Crippen LogP contribution in [0.1, 0.15) is 31.5 Å². The fourth-order valence-corrected chi connectivity index (χ4v) is 3.93. The van der Waals surface area contributed by atoms with E-state index in [2.05, 4.69) is 23.0 Å². The molecule has 1 aromatic heterocycles. The summed E-state index contributed by atoms with van der Waals surface area (Å²) in [6.07, 6.45) is 1.99. The van der Waals surface area contributed by atoms with Gasteiger partial charge >= 0.3 is 0 Å². The van der Waals surface area contributed by atoms with Crippen molar-refractivity contribution in [3.8, 4) is 0 Å². The third kappa shape index (κ3) is 3.38. The van der Waals surface area contributed by atoms with Crippen molar-refractivity contribution in [3.05, 3.63) is 41.6 Å². The van der Waals surface area contributed by atoms with Crippen LogP contribution < -0.4 is 10.6 Å². The molecule has 1 aliphatic rings. The number of thioether (sulfide) groups is 1. The fourth-order valence-electron chi connectivity index (χ4n) is 3.05. The number of amides is 1. The van der Waals surface area contributed by atoms with Gasteiger partial charge < -0.3 is 10.6 Å². The summed E-state index contributed by atoms with van der Waals surface area (Å²) >= 11 is 1.36. The first kappa shape index (κ1) is 16.8. The number of benzene rings is 1. The predicted molar refractivity (Wildman–Crippen MR) is 98.2 cm³/mol. The van der Waals surface area contributed by atoms with E-state index in [0.717, 1.165) is 24.2 Å². The summed E-state index contributed by atoms with van der Waals surface area (Å²) in [5, 5.41) is 0.270. The fraction of sp³-hybridized carbons (Fsp3) is 0.389. The standard InChI is InChI=1S/C18H22N4OS/c1-11-10-16(19)21-18(20-11)24-13(3)17(23)22-12(2)8-9-14-6-4-5-7-15(14)22/h4-7,10,12-13H,8-9H2,1-3H3,(H2,19,20,21)/t12-,13+/m1/s1. The minimum Gasteiger partial charge on any atom is -0.384 e. The average Bonchev–Trinajstić information content (AvgIpc) is 2.53. The SMILES string of the molecule is Cc1cc(N)nc(S[C@@H](C)C(=O)N2c3ccccc3CC[C@H]2C)n1. The highest BCUT2D eigenvalue weighted by Gasteiger charge is 2.31. The molecule has 0 unspecified atom stereocenters. The lowest BCUT2D eigenvalue weighted by Gasteiger charge is -2.36. The van der Waals surface area contributed by atoms with Gasteiger partial charge in [0.1, 0.15) is 5.82 Å². The van der Waals surface area contributed by atoms with Gasteiger partial charge in [0.2, 0.25) is 5.91 Å². The molecule has 1 aliphatic heterocycles. The molecule has 1 amide bonds. The zero-order valence-electron chi connectivity index (χ0n) is 14.2. The molecule has 6 heteroatoms. The maximum Gasteiger partial charge on any atom is 0.240 e. The highest BCUT2D eigenvalue weighted by molar-refractivity contribution is 8.00. The number of hydrogen-bond donors (Lipinski definition) is 1. The van der Waals surface area contributed by atoms with Crippen molar-refractivity contribution in [3.63, 3.8) is 0 Å². The van der Waals surface area contributed by atoms with E-state index in [4.69, 9.17) is 5.73 Å². The van der Waals surface area contributed by atoms with E-state index >= 15 is 0 Å². The van der Waals surface area contributed by atoms with E-state index in [1.807, 2.05) is 36.9 Å². The molecule has 24 heavy (non-hydrogen) atoms. The quantitative estimate of drug-likeness (QED) is 0.685. The molecule has 2 atom stereocenters. The number of nitrogen functional groups attached to an aromatic ring is 1. The number of aromatic nitrogens is 2. The summed E-state index contributed by atoms with van der Waals surface area (Å²) in [5.41, 5.74) is 8.85. The second-order valence-electron chi connectivity index (χ2n) is 6.20. The molecule has 0 saturated carbocycles. The maximum atomic E-state index is 13.1.